The molecular weight excluding hydrogens is 484 g/mol. The van der Waals surface area contributed by atoms with Gasteiger partial charge in [-0.25, -0.2) is 4.98 Å². The highest BCUT2D eigenvalue weighted by molar-refractivity contribution is 5.96. The van der Waals surface area contributed by atoms with Crippen molar-refractivity contribution in [3.05, 3.63) is 76.6 Å². The minimum Gasteiger partial charge on any atom is -0.368 e. The lowest BCUT2D eigenvalue weighted by Crippen LogP contribution is -2.49. The van der Waals surface area contributed by atoms with Crippen LogP contribution in [0.15, 0.2) is 48.8 Å². The summed E-state index contributed by atoms with van der Waals surface area (Å²) in [6.45, 7) is 13.9. The Morgan fingerprint density at radius 3 is 2.28 bits per heavy atom. The summed E-state index contributed by atoms with van der Waals surface area (Å²) in [7, 11) is 2.01. The maximum absolute atomic E-state index is 13.6. The second-order valence-corrected chi connectivity index (χ2v) is 10.4. The molecule has 206 valence electrons. The van der Waals surface area contributed by atoms with Gasteiger partial charge in [0, 0.05) is 89.5 Å². The third kappa shape index (κ3) is 6.12. The first-order chi connectivity index (χ1) is 18.4. The van der Waals surface area contributed by atoms with E-state index in [2.05, 4.69) is 81.8 Å². The summed E-state index contributed by atoms with van der Waals surface area (Å²) in [6.07, 6.45) is 3.79. The summed E-state index contributed by atoms with van der Waals surface area (Å²) in [5, 5.41) is 0. The van der Waals surface area contributed by atoms with Gasteiger partial charge in [0.15, 0.2) is 0 Å². The maximum Gasteiger partial charge on any atom is 0.254 e. The molecule has 0 N–H and O–H groups in total. The van der Waals surface area contributed by atoms with Crippen LogP contribution in [0, 0.1) is 25.7 Å². The zero-order valence-electron chi connectivity index (χ0n) is 23.1. The highest BCUT2D eigenvalue weighted by Crippen LogP contribution is 2.24. The van der Waals surface area contributed by atoms with Gasteiger partial charge in [-0.1, -0.05) is 31.5 Å². The number of amides is 1. The molecule has 1 aromatic heterocycles. The Labute approximate surface area is 234 Å². The number of carbonyl (C=O) groups excluding carboxylic acids is 1. The SMILES string of the molecule is C.CC#Cc1ccccc1N1CCN(Cc2cc(C(=O)N3CCN(c4nccn4C)CC3)c(C)cc2C)CC1. The molecule has 3 aromatic rings. The summed E-state index contributed by atoms with van der Waals surface area (Å²) < 4.78 is 2.03. The van der Waals surface area contributed by atoms with Gasteiger partial charge >= 0.3 is 0 Å². The van der Waals surface area contributed by atoms with Crippen molar-refractivity contribution in [3.8, 4) is 11.8 Å². The molecule has 0 unspecified atom stereocenters. The summed E-state index contributed by atoms with van der Waals surface area (Å²) in [5.74, 6) is 7.39. The van der Waals surface area contributed by atoms with Crippen molar-refractivity contribution in [1.82, 2.24) is 19.4 Å². The molecule has 2 aromatic carbocycles. The van der Waals surface area contributed by atoms with Gasteiger partial charge in [-0.15, -0.1) is 5.92 Å². The van der Waals surface area contributed by atoms with Crippen molar-refractivity contribution in [2.24, 2.45) is 7.05 Å². The summed E-state index contributed by atoms with van der Waals surface area (Å²) in [5.41, 5.74) is 6.72. The minimum absolute atomic E-state index is 0. The molecule has 2 saturated heterocycles. The number of anilines is 2. The molecule has 0 saturated carbocycles. The van der Waals surface area contributed by atoms with Gasteiger partial charge in [0.25, 0.3) is 5.91 Å². The predicted molar refractivity (Wildman–Crippen MR) is 160 cm³/mol. The Bertz CT molecular complexity index is 1350. The second-order valence-electron chi connectivity index (χ2n) is 10.4. The Morgan fingerprint density at radius 2 is 1.62 bits per heavy atom. The highest BCUT2D eigenvalue weighted by atomic mass is 16.2. The molecule has 2 aliphatic heterocycles. The Morgan fingerprint density at radius 1 is 0.923 bits per heavy atom. The normalized spacial score (nSPS) is 15.9. The smallest absolute Gasteiger partial charge is 0.254 e. The van der Waals surface area contributed by atoms with Gasteiger partial charge < -0.3 is 19.3 Å². The van der Waals surface area contributed by atoms with Gasteiger partial charge in [-0.05, 0) is 55.7 Å². The molecule has 39 heavy (non-hydrogen) atoms. The van der Waals surface area contributed by atoms with Crippen molar-refractivity contribution in [3.63, 3.8) is 0 Å². The number of hydrogen-bond donors (Lipinski definition) is 0. The van der Waals surface area contributed by atoms with E-state index in [4.69, 9.17) is 0 Å². The first-order valence-electron chi connectivity index (χ1n) is 13.6. The molecule has 7 heteroatoms. The summed E-state index contributed by atoms with van der Waals surface area (Å²) >= 11 is 0. The van der Waals surface area contributed by atoms with Crippen LogP contribution in [0.3, 0.4) is 0 Å². The molecule has 0 aliphatic carbocycles. The summed E-state index contributed by atoms with van der Waals surface area (Å²) in [4.78, 5) is 27.2. The van der Waals surface area contributed by atoms with Crippen molar-refractivity contribution < 1.29 is 4.79 Å². The number of carbonyl (C=O) groups is 1. The van der Waals surface area contributed by atoms with Crippen LogP contribution >= 0.6 is 0 Å². The van der Waals surface area contributed by atoms with E-state index in [0.29, 0.717) is 13.1 Å². The van der Waals surface area contributed by atoms with Gasteiger partial charge in [0.2, 0.25) is 5.95 Å². The largest absolute Gasteiger partial charge is 0.368 e. The molecule has 0 spiro atoms. The lowest BCUT2D eigenvalue weighted by Gasteiger charge is -2.37. The lowest BCUT2D eigenvalue weighted by atomic mass is 9.98. The van der Waals surface area contributed by atoms with Crippen LogP contribution in [-0.4, -0.2) is 77.6 Å². The van der Waals surface area contributed by atoms with E-state index in [1.165, 1.54) is 16.8 Å². The monoisotopic (exact) mass is 526 g/mol. The number of aromatic nitrogens is 2. The number of benzene rings is 2. The first kappa shape index (κ1) is 28.3. The van der Waals surface area contributed by atoms with Crippen LogP contribution in [0.5, 0.6) is 0 Å². The quantitative estimate of drug-likeness (QED) is 0.463. The maximum atomic E-state index is 13.6. The molecule has 2 fully saturated rings. The molecule has 0 bridgehead atoms. The minimum atomic E-state index is 0. The molecular formula is C32H42N6O. The van der Waals surface area contributed by atoms with Crippen molar-refractivity contribution in [2.45, 2.75) is 34.7 Å². The topological polar surface area (TPSA) is 47.9 Å². The van der Waals surface area contributed by atoms with E-state index in [1.54, 1.807) is 0 Å². The molecule has 0 radical (unpaired) electrons. The lowest BCUT2D eigenvalue weighted by molar-refractivity contribution is 0.0745. The average molecular weight is 527 g/mol. The van der Waals surface area contributed by atoms with Gasteiger partial charge in [-0.3, -0.25) is 9.69 Å². The number of aryl methyl sites for hydroxylation is 3. The fraction of sp³-hybridized carbons (Fsp3) is 0.438. The number of hydrogen-bond acceptors (Lipinski definition) is 5. The zero-order chi connectivity index (χ0) is 26.6. The average Bonchev–Trinajstić information content (AvgIpc) is 3.36. The van der Waals surface area contributed by atoms with E-state index >= 15 is 0 Å². The first-order valence-corrected chi connectivity index (χ1v) is 13.6. The highest BCUT2D eigenvalue weighted by Gasteiger charge is 2.26. The molecule has 7 nitrogen and oxygen atoms in total. The van der Waals surface area contributed by atoms with E-state index in [0.717, 1.165) is 68.5 Å². The van der Waals surface area contributed by atoms with Crippen LogP contribution in [-0.2, 0) is 13.6 Å². The number of para-hydroxylation sites is 1. The molecule has 0 atom stereocenters. The fourth-order valence-electron chi connectivity index (χ4n) is 5.62. The Hall–Kier alpha value is -3.76. The van der Waals surface area contributed by atoms with E-state index < -0.39 is 0 Å². The van der Waals surface area contributed by atoms with Crippen molar-refractivity contribution in [1.29, 1.82) is 0 Å². The number of imidazole rings is 1. The molecule has 5 rings (SSSR count). The molecule has 3 heterocycles. The fourth-order valence-corrected chi connectivity index (χ4v) is 5.62. The van der Waals surface area contributed by atoms with Crippen molar-refractivity contribution in [2.75, 3.05) is 62.2 Å². The van der Waals surface area contributed by atoms with E-state index in [-0.39, 0.29) is 13.3 Å². The van der Waals surface area contributed by atoms with E-state index in [1.807, 2.05) is 35.8 Å². The zero-order valence-corrected chi connectivity index (χ0v) is 23.1. The number of piperazine rings is 2. The summed E-state index contributed by atoms with van der Waals surface area (Å²) in [6, 6.07) is 12.8. The molecule has 2 aliphatic rings. The van der Waals surface area contributed by atoms with Crippen LogP contribution in [0.25, 0.3) is 0 Å². The van der Waals surface area contributed by atoms with Gasteiger partial charge in [0.1, 0.15) is 0 Å². The van der Waals surface area contributed by atoms with E-state index in [9.17, 15) is 4.79 Å². The van der Waals surface area contributed by atoms with Gasteiger partial charge in [-0.2, -0.15) is 0 Å². The number of nitrogens with zero attached hydrogens (tertiary/aromatic N) is 6. The molecule has 1 amide bonds. The second kappa shape index (κ2) is 12.4. The standard InChI is InChI=1S/C31H38N6O.CH4/c1-5-8-26-9-6-7-10-29(26)35-15-13-34(14-16-35)23-27-22-28(25(3)21-24(27)2)30(38)36-17-19-37(20-18-36)31-32-11-12-33(31)4;/h6-7,9-12,21-22H,13-20,23H2,1-4H3;1H4. The number of rotatable bonds is 5. The third-order valence-corrected chi connectivity index (χ3v) is 7.83. The third-order valence-electron chi connectivity index (χ3n) is 7.83. The Balaban J connectivity index is 0.00000353. The van der Waals surface area contributed by atoms with Crippen LogP contribution in [0.4, 0.5) is 11.6 Å². The predicted octanol–water partition coefficient (Wildman–Crippen LogP) is 4.33. The van der Waals surface area contributed by atoms with Crippen LogP contribution in [0.1, 0.15) is 47.0 Å². The Kier molecular flexibility index (Phi) is 8.98. The van der Waals surface area contributed by atoms with Crippen molar-refractivity contribution >= 4 is 17.5 Å². The van der Waals surface area contributed by atoms with Gasteiger partial charge in [0.05, 0.1) is 5.69 Å². The van der Waals surface area contributed by atoms with Crippen LogP contribution in [0.2, 0.25) is 0 Å². The van der Waals surface area contributed by atoms with Crippen LogP contribution < -0.4 is 9.80 Å².